The fourth-order valence-corrected chi connectivity index (χ4v) is 2.39. The Labute approximate surface area is 118 Å². The van der Waals surface area contributed by atoms with Gasteiger partial charge in [-0.05, 0) is 27.6 Å². The Balaban J connectivity index is 2.25. The first-order chi connectivity index (χ1) is 8.61. The van der Waals surface area contributed by atoms with Gasteiger partial charge in [-0.15, -0.1) is 5.10 Å². The van der Waals surface area contributed by atoms with Crippen molar-refractivity contribution in [1.82, 2.24) is 20.4 Å². The first-order valence-electron chi connectivity index (χ1n) is 5.37. The van der Waals surface area contributed by atoms with E-state index in [0.29, 0.717) is 11.4 Å². The number of aromatic nitrogens is 3. The molecule has 5 nitrogen and oxygen atoms in total. The molecule has 1 aromatic carbocycles. The van der Waals surface area contributed by atoms with Crippen molar-refractivity contribution in [3.05, 3.63) is 45.1 Å². The van der Waals surface area contributed by atoms with Crippen LogP contribution in [0, 0.1) is 0 Å². The van der Waals surface area contributed by atoms with Gasteiger partial charge in [-0.2, -0.15) is 0 Å². The van der Waals surface area contributed by atoms with Crippen LogP contribution in [0.4, 0.5) is 0 Å². The van der Waals surface area contributed by atoms with Gasteiger partial charge < -0.3 is 0 Å². The maximum absolute atomic E-state index is 6.25. The second-order valence-corrected chi connectivity index (χ2v) is 5.18. The van der Waals surface area contributed by atoms with Crippen LogP contribution in [0.5, 0.6) is 0 Å². The van der Waals surface area contributed by atoms with E-state index in [-0.39, 0.29) is 6.04 Å². The number of nitrogens with one attached hydrogen (secondary N) is 1. The van der Waals surface area contributed by atoms with Crippen LogP contribution in [-0.4, -0.2) is 15.0 Å². The molecule has 0 spiro atoms. The molecule has 0 radical (unpaired) electrons. The summed E-state index contributed by atoms with van der Waals surface area (Å²) in [5.74, 6) is 5.60. The van der Waals surface area contributed by atoms with Gasteiger partial charge in [0.05, 0.1) is 16.8 Å². The number of hydrogen-bond acceptors (Lipinski definition) is 4. The second-order valence-electron chi connectivity index (χ2n) is 3.95. The van der Waals surface area contributed by atoms with Gasteiger partial charge in [0.25, 0.3) is 0 Å². The SMILES string of the molecule is Cn1cc(CC(NN)c2cccc(Br)c2Cl)nn1. The molecule has 0 bridgehead atoms. The molecule has 18 heavy (non-hydrogen) atoms. The monoisotopic (exact) mass is 329 g/mol. The number of halogens is 2. The van der Waals surface area contributed by atoms with Crippen LogP contribution in [0.1, 0.15) is 17.3 Å². The summed E-state index contributed by atoms with van der Waals surface area (Å²) in [5, 5.41) is 8.59. The van der Waals surface area contributed by atoms with Gasteiger partial charge in [-0.3, -0.25) is 16.0 Å². The Hall–Kier alpha value is -0.950. The van der Waals surface area contributed by atoms with Crippen LogP contribution < -0.4 is 11.3 Å². The zero-order valence-corrected chi connectivity index (χ0v) is 12.1. The molecule has 0 amide bonds. The number of nitrogens with zero attached hydrogens (tertiary/aromatic N) is 3. The summed E-state index contributed by atoms with van der Waals surface area (Å²) in [6.45, 7) is 0. The summed E-state index contributed by atoms with van der Waals surface area (Å²) in [6.07, 6.45) is 2.48. The Kier molecular flexibility index (Phi) is 4.34. The Morgan fingerprint density at radius 3 is 2.94 bits per heavy atom. The number of benzene rings is 1. The molecule has 0 aliphatic carbocycles. The molecule has 7 heteroatoms. The Morgan fingerprint density at radius 1 is 1.56 bits per heavy atom. The molecule has 2 aromatic rings. The molecule has 0 saturated heterocycles. The number of nitrogens with two attached hydrogens (primary N) is 1. The van der Waals surface area contributed by atoms with Crippen molar-refractivity contribution in [3.8, 4) is 0 Å². The fourth-order valence-electron chi connectivity index (χ4n) is 1.75. The van der Waals surface area contributed by atoms with Crippen LogP contribution >= 0.6 is 27.5 Å². The van der Waals surface area contributed by atoms with Gasteiger partial charge in [-0.25, -0.2) is 0 Å². The summed E-state index contributed by atoms with van der Waals surface area (Å²) in [6, 6.07) is 5.65. The largest absolute Gasteiger partial charge is 0.271 e. The summed E-state index contributed by atoms with van der Waals surface area (Å²) >= 11 is 9.65. The van der Waals surface area contributed by atoms with E-state index in [1.165, 1.54) is 0 Å². The Morgan fingerprint density at radius 2 is 2.33 bits per heavy atom. The van der Waals surface area contributed by atoms with E-state index in [1.54, 1.807) is 4.68 Å². The van der Waals surface area contributed by atoms with Crippen molar-refractivity contribution >= 4 is 27.5 Å². The molecular formula is C11H13BrClN5. The van der Waals surface area contributed by atoms with Gasteiger partial charge in [0.15, 0.2) is 0 Å². The van der Waals surface area contributed by atoms with Crippen molar-refractivity contribution < 1.29 is 0 Å². The molecule has 1 unspecified atom stereocenters. The highest BCUT2D eigenvalue weighted by Crippen LogP contribution is 2.31. The topological polar surface area (TPSA) is 68.8 Å². The predicted octanol–water partition coefficient (Wildman–Crippen LogP) is 1.98. The molecule has 96 valence electrons. The predicted molar refractivity (Wildman–Crippen MR) is 73.9 cm³/mol. The normalized spacial score (nSPS) is 12.7. The lowest BCUT2D eigenvalue weighted by Crippen LogP contribution is -2.30. The van der Waals surface area contributed by atoms with Crippen LogP contribution in [0.25, 0.3) is 0 Å². The molecule has 1 atom stereocenters. The van der Waals surface area contributed by atoms with Crippen molar-refractivity contribution in [1.29, 1.82) is 0 Å². The number of hydrogen-bond donors (Lipinski definition) is 2. The standard InChI is InChI=1S/C11H13BrClN5/c1-18-6-7(16-17-18)5-10(15-14)8-3-2-4-9(12)11(8)13/h2-4,6,10,15H,5,14H2,1H3. The summed E-state index contributed by atoms with van der Waals surface area (Å²) in [4.78, 5) is 0. The summed E-state index contributed by atoms with van der Waals surface area (Å²) < 4.78 is 2.51. The number of hydrazine groups is 1. The minimum Gasteiger partial charge on any atom is -0.271 e. The zero-order valence-electron chi connectivity index (χ0n) is 9.77. The van der Waals surface area contributed by atoms with E-state index in [4.69, 9.17) is 17.4 Å². The fraction of sp³-hybridized carbons (Fsp3) is 0.273. The zero-order chi connectivity index (χ0) is 13.1. The van der Waals surface area contributed by atoms with Gasteiger partial charge in [0, 0.05) is 24.1 Å². The maximum atomic E-state index is 6.25. The highest BCUT2D eigenvalue weighted by molar-refractivity contribution is 9.10. The highest BCUT2D eigenvalue weighted by atomic mass is 79.9. The van der Waals surface area contributed by atoms with Gasteiger partial charge in [0.1, 0.15) is 0 Å². The second kappa shape index (κ2) is 5.79. The third kappa shape index (κ3) is 2.89. The van der Waals surface area contributed by atoms with Crippen LogP contribution in [0.15, 0.2) is 28.9 Å². The van der Waals surface area contributed by atoms with Gasteiger partial charge >= 0.3 is 0 Å². The smallest absolute Gasteiger partial charge is 0.0846 e. The van der Waals surface area contributed by atoms with Crippen LogP contribution in [0.3, 0.4) is 0 Å². The van der Waals surface area contributed by atoms with Gasteiger partial charge in [0.2, 0.25) is 0 Å². The summed E-state index contributed by atoms with van der Waals surface area (Å²) in [5.41, 5.74) is 4.55. The number of rotatable bonds is 4. The van der Waals surface area contributed by atoms with E-state index in [2.05, 4.69) is 31.7 Å². The highest BCUT2D eigenvalue weighted by Gasteiger charge is 2.16. The van der Waals surface area contributed by atoms with Gasteiger partial charge in [-0.1, -0.05) is 28.9 Å². The average Bonchev–Trinajstić information content (AvgIpc) is 2.76. The maximum Gasteiger partial charge on any atom is 0.0846 e. The molecule has 1 aromatic heterocycles. The summed E-state index contributed by atoms with van der Waals surface area (Å²) in [7, 11) is 1.83. The third-order valence-electron chi connectivity index (χ3n) is 2.62. The van der Waals surface area contributed by atoms with E-state index >= 15 is 0 Å². The van der Waals surface area contributed by atoms with E-state index in [9.17, 15) is 0 Å². The van der Waals surface area contributed by atoms with Crippen LogP contribution in [0.2, 0.25) is 5.02 Å². The molecule has 0 aliphatic heterocycles. The van der Waals surface area contributed by atoms with Crippen molar-refractivity contribution in [2.45, 2.75) is 12.5 Å². The number of aryl methyl sites for hydroxylation is 1. The van der Waals surface area contributed by atoms with Crippen molar-refractivity contribution in [3.63, 3.8) is 0 Å². The lowest BCUT2D eigenvalue weighted by atomic mass is 10.0. The first-order valence-corrected chi connectivity index (χ1v) is 6.54. The van der Waals surface area contributed by atoms with E-state index in [0.717, 1.165) is 15.7 Å². The third-order valence-corrected chi connectivity index (χ3v) is 3.93. The lowest BCUT2D eigenvalue weighted by Gasteiger charge is -2.17. The average molecular weight is 331 g/mol. The van der Waals surface area contributed by atoms with Crippen LogP contribution in [-0.2, 0) is 13.5 Å². The molecule has 2 rings (SSSR count). The molecule has 3 N–H and O–H groups in total. The molecule has 0 aliphatic rings. The minimum atomic E-state index is -0.105. The van der Waals surface area contributed by atoms with Crippen molar-refractivity contribution in [2.24, 2.45) is 12.9 Å². The lowest BCUT2D eigenvalue weighted by molar-refractivity contribution is 0.545. The minimum absolute atomic E-state index is 0.105. The first kappa shape index (κ1) is 13.5. The molecule has 1 heterocycles. The molecule has 0 saturated carbocycles. The van der Waals surface area contributed by atoms with Crippen molar-refractivity contribution in [2.75, 3.05) is 0 Å². The Bertz CT molecular complexity index is 542. The molecular weight excluding hydrogens is 318 g/mol. The quantitative estimate of drug-likeness (QED) is 0.664. The van der Waals surface area contributed by atoms with E-state index in [1.807, 2.05) is 31.4 Å². The molecule has 0 fully saturated rings. The van der Waals surface area contributed by atoms with E-state index < -0.39 is 0 Å².